The summed E-state index contributed by atoms with van der Waals surface area (Å²) in [6.45, 7) is 0. The third-order valence-corrected chi connectivity index (χ3v) is 4.97. The van der Waals surface area contributed by atoms with Crippen LogP contribution >= 0.6 is 23.4 Å². The topological polar surface area (TPSA) is 69.0 Å². The Bertz CT molecular complexity index is 960. The van der Waals surface area contributed by atoms with Gasteiger partial charge in [0.25, 0.3) is 5.56 Å². The van der Waals surface area contributed by atoms with Gasteiger partial charge in [-0.15, -0.1) is 10.2 Å². The molecule has 0 fully saturated rings. The molecule has 1 aromatic heterocycles. The number of thioether (sulfide) groups is 1. The summed E-state index contributed by atoms with van der Waals surface area (Å²) in [5, 5.41) is 12.3. The van der Waals surface area contributed by atoms with Crippen LogP contribution in [0.3, 0.4) is 0 Å². The van der Waals surface area contributed by atoms with E-state index in [1.54, 1.807) is 38.4 Å². The molecule has 0 aliphatic carbocycles. The van der Waals surface area contributed by atoms with Gasteiger partial charge in [-0.25, -0.2) is 0 Å². The van der Waals surface area contributed by atoms with Crippen LogP contribution < -0.4 is 15.6 Å². The van der Waals surface area contributed by atoms with Crippen LogP contribution in [0.4, 0.5) is 11.5 Å². The number of halogens is 1. The Balaban J connectivity index is 1.73. The minimum atomic E-state index is -0.253. The second-order valence-corrected chi connectivity index (χ2v) is 6.85. The van der Waals surface area contributed by atoms with Gasteiger partial charge in [-0.05, 0) is 35.9 Å². The lowest BCUT2D eigenvalue weighted by atomic mass is 10.2. The van der Waals surface area contributed by atoms with Crippen LogP contribution in [-0.2, 0) is 12.8 Å². The fraction of sp³-hybridized carbons (Fsp3) is 0.167. The molecule has 0 aliphatic rings. The highest BCUT2D eigenvalue weighted by atomic mass is 35.5. The van der Waals surface area contributed by atoms with Gasteiger partial charge < -0.3 is 10.1 Å². The minimum absolute atomic E-state index is 0.156. The van der Waals surface area contributed by atoms with E-state index >= 15 is 0 Å². The molecule has 0 unspecified atom stereocenters. The molecule has 0 saturated heterocycles. The molecule has 0 amide bonds. The fourth-order valence-electron chi connectivity index (χ4n) is 2.23. The summed E-state index contributed by atoms with van der Waals surface area (Å²) in [5.74, 6) is 1.64. The number of aromatic nitrogens is 3. The quantitative estimate of drug-likeness (QED) is 0.646. The average molecular weight is 389 g/mol. The summed E-state index contributed by atoms with van der Waals surface area (Å²) in [7, 11) is 3.31. The van der Waals surface area contributed by atoms with Crippen LogP contribution in [0, 0.1) is 0 Å². The summed E-state index contributed by atoms with van der Waals surface area (Å²) >= 11 is 7.40. The predicted octanol–water partition coefficient (Wildman–Crippen LogP) is 3.87. The molecule has 26 heavy (non-hydrogen) atoms. The first-order valence-electron chi connectivity index (χ1n) is 7.79. The van der Waals surface area contributed by atoms with E-state index in [2.05, 4.69) is 15.5 Å². The number of nitrogens with zero attached hydrogens (tertiary/aromatic N) is 3. The zero-order valence-corrected chi connectivity index (χ0v) is 15.8. The molecule has 0 saturated carbocycles. The first-order chi connectivity index (χ1) is 12.6. The van der Waals surface area contributed by atoms with Gasteiger partial charge in [0.1, 0.15) is 5.75 Å². The van der Waals surface area contributed by atoms with Crippen LogP contribution in [0.2, 0.25) is 5.02 Å². The average Bonchev–Trinajstić information content (AvgIpc) is 2.65. The molecule has 0 spiro atoms. The smallest absolute Gasteiger partial charge is 0.297 e. The number of hydrogen-bond donors (Lipinski definition) is 1. The van der Waals surface area contributed by atoms with E-state index in [-0.39, 0.29) is 11.4 Å². The highest BCUT2D eigenvalue weighted by Gasteiger charge is 2.10. The second-order valence-electron chi connectivity index (χ2n) is 5.47. The molecule has 6 nitrogen and oxygen atoms in total. The lowest BCUT2D eigenvalue weighted by molar-refractivity contribution is 0.414. The molecule has 2 aromatic carbocycles. The standard InChI is InChI=1S/C18H17ClN4O2S/c1-23-17(24)16(20-14-5-3-4-13(19)10-14)21-22-18(23)26-11-12-6-8-15(25-2)9-7-12/h3-10H,11H2,1-2H3,(H,20,21). The van der Waals surface area contributed by atoms with Crippen LogP contribution in [0.5, 0.6) is 5.75 Å². The van der Waals surface area contributed by atoms with Crippen molar-refractivity contribution in [3.63, 3.8) is 0 Å². The number of hydrogen-bond acceptors (Lipinski definition) is 6. The largest absolute Gasteiger partial charge is 0.497 e. The maximum Gasteiger partial charge on any atom is 0.297 e. The molecule has 1 heterocycles. The molecule has 0 radical (unpaired) electrons. The van der Waals surface area contributed by atoms with E-state index in [0.29, 0.717) is 21.6 Å². The molecule has 1 N–H and O–H groups in total. The van der Waals surface area contributed by atoms with Crippen molar-refractivity contribution in [1.82, 2.24) is 14.8 Å². The van der Waals surface area contributed by atoms with Crippen LogP contribution in [-0.4, -0.2) is 21.9 Å². The van der Waals surface area contributed by atoms with E-state index in [1.807, 2.05) is 24.3 Å². The Hall–Kier alpha value is -2.51. The van der Waals surface area contributed by atoms with Gasteiger partial charge in [0.15, 0.2) is 5.16 Å². The summed E-state index contributed by atoms with van der Waals surface area (Å²) in [4.78, 5) is 12.5. The number of ether oxygens (including phenoxy) is 1. The normalized spacial score (nSPS) is 10.6. The van der Waals surface area contributed by atoms with Crippen molar-refractivity contribution in [2.45, 2.75) is 10.9 Å². The maximum atomic E-state index is 12.5. The third-order valence-electron chi connectivity index (χ3n) is 3.64. The zero-order valence-electron chi connectivity index (χ0n) is 14.3. The van der Waals surface area contributed by atoms with Gasteiger partial charge in [0.05, 0.1) is 7.11 Å². The maximum absolute atomic E-state index is 12.5. The monoisotopic (exact) mass is 388 g/mol. The zero-order chi connectivity index (χ0) is 18.5. The van der Waals surface area contributed by atoms with Crippen molar-refractivity contribution in [2.24, 2.45) is 7.05 Å². The van der Waals surface area contributed by atoms with Crippen molar-refractivity contribution < 1.29 is 4.74 Å². The summed E-state index contributed by atoms with van der Waals surface area (Å²) in [5.41, 5.74) is 1.53. The van der Waals surface area contributed by atoms with Crippen LogP contribution in [0.15, 0.2) is 58.5 Å². The lowest BCUT2D eigenvalue weighted by Gasteiger charge is -2.09. The van der Waals surface area contributed by atoms with E-state index in [1.165, 1.54) is 16.3 Å². The van der Waals surface area contributed by atoms with Crippen molar-refractivity contribution >= 4 is 34.9 Å². The lowest BCUT2D eigenvalue weighted by Crippen LogP contribution is -2.24. The molecule has 0 aliphatic heterocycles. The summed E-state index contributed by atoms with van der Waals surface area (Å²) in [6, 6.07) is 14.8. The van der Waals surface area contributed by atoms with Gasteiger partial charge in [0, 0.05) is 23.5 Å². The Morgan fingerprint density at radius 1 is 1.19 bits per heavy atom. The van der Waals surface area contributed by atoms with E-state index in [0.717, 1.165) is 11.3 Å². The number of rotatable bonds is 6. The summed E-state index contributed by atoms with van der Waals surface area (Å²) in [6.07, 6.45) is 0. The van der Waals surface area contributed by atoms with Crippen molar-refractivity contribution in [3.8, 4) is 5.75 Å². The molecular weight excluding hydrogens is 372 g/mol. The number of methoxy groups -OCH3 is 1. The highest BCUT2D eigenvalue weighted by Crippen LogP contribution is 2.22. The molecule has 0 bridgehead atoms. The predicted molar refractivity (Wildman–Crippen MR) is 105 cm³/mol. The first kappa shape index (κ1) is 18.3. The number of nitrogens with one attached hydrogen (secondary N) is 1. The third kappa shape index (κ3) is 4.36. The van der Waals surface area contributed by atoms with Gasteiger partial charge in [-0.1, -0.05) is 41.6 Å². The van der Waals surface area contributed by atoms with Gasteiger partial charge in [0.2, 0.25) is 5.82 Å². The molecule has 134 valence electrons. The van der Waals surface area contributed by atoms with E-state index in [9.17, 15) is 4.79 Å². The van der Waals surface area contributed by atoms with Crippen molar-refractivity contribution in [3.05, 3.63) is 69.5 Å². The van der Waals surface area contributed by atoms with Crippen molar-refractivity contribution in [2.75, 3.05) is 12.4 Å². The van der Waals surface area contributed by atoms with E-state index in [4.69, 9.17) is 16.3 Å². The molecule has 3 rings (SSSR count). The van der Waals surface area contributed by atoms with Crippen molar-refractivity contribution in [1.29, 1.82) is 0 Å². The Morgan fingerprint density at radius 3 is 2.65 bits per heavy atom. The minimum Gasteiger partial charge on any atom is -0.497 e. The number of anilines is 2. The first-order valence-corrected chi connectivity index (χ1v) is 9.15. The second kappa shape index (κ2) is 8.25. The number of benzene rings is 2. The molecule has 0 atom stereocenters. The SMILES string of the molecule is COc1ccc(CSc2nnc(Nc3cccc(Cl)c3)c(=O)n2C)cc1. The van der Waals surface area contributed by atoms with Gasteiger partial charge in [-0.2, -0.15) is 0 Å². The van der Waals surface area contributed by atoms with Crippen LogP contribution in [0.1, 0.15) is 5.56 Å². The Morgan fingerprint density at radius 2 is 1.96 bits per heavy atom. The van der Waals surface area contributed by atoms with E-state index < -0.39 is 0 Å². The van der Waals surface area contributed by atoms with Gasteiger partial charge >= 0.3 is 0 Å². The Labute approximate surface area is 160 Å². The molecular formula is C18H17ClN4O2S. The Kier molecular flexibility index (Phi) is 5.80. The summed E-state index contributed by atoms with van der Waals surface area (Å²) < 4.78 is 6.63. The highest BCUT2D eigenvalue weighted by molar-refractivity contribution is 7.98. The molecule has 3 aromatic rings. The van der Waals surface area contributed by atoms with Crippen LogP contribution in [0.25, 0.3) is 0 Å². The molecule has 8 heteroatoms. The van der Waals surface area contributed by atoms with Gasteiger partial charge in [-0.3, -0.25) is 9.36 Å². The fourth-order valence-corrected chi connectivity index (χ4v) is 3.28.